The molecule has 0 saturated carbocycles. The van der Waals surface area contributed by atoms with Gasteiger partial charge in [0.05, 0.1) is 16.6 Å². The number of fused-ring (bicyclic) bond motifs is 2. The van der Waals surface area contributed by atoms with Crippen LogP contribution in [-0.2, 0) is 26.0 Å². The van der Waals surface area contributed by atoms with Crippen molar-refractivity contribution in [1.29, 1.82) is 0 Å². The molecular formula is C31H32N6O6S. The lowest BCUT2D eigenvalue weighted by molar-refractivity contribution is -0.149. The SMILES string of the molecule is CC(C)(C)OC(=O)N1CCCC1(CCc1cc2c(-c3cnn4ncccc34)ccnc2n1S(=O)(=O)c1ccccc1)C(=O)O. The van der Waals surface area contributed by atoms with E-state index in [0.29, 0.717) is 23.1 Å². The van der Waals surface area contributed by atoms with Gasteiger partial charge in [-0.2, -0.15) is 14.8 Å². The van der Waals surface area contributed by atoms with Gasteiger partial charge in [0.1, 0.15) is 11.1 Å². The molecule has 0 spiro atoms. The lowest BCUT2D eigenvalue weighted by Gasteiger charge is -2.36. The quantitative estimate of drug-likeness (QED) is 0.273. The number of amides is 1. The number of carboxylic acids is 1. The lowest BCUT2D eigenvalue weighted by atomic mass is 9.89. The number of likely N-dealkylation sites (tertiary alicyclic amines) is 1. The topological polar surface area (TPSA) is 149 Å². The highest BCUT2D eigenvalue weighted by atomic mass is 32.2. The van der Waals surface area contributed by atoms with E-state index < -0.39 is 33.2 Å². The van der Waals surface area contributed by atoms with Gasteiger partial charge in [-0.1, -0.05) is 18.2 Å². The van der Waals surface area contributed by atoms with E-state index in [4.69, 9.17) is 4.74 Å². The largest absolute Gasteiger partial charge is 0.479 e. The molecule has 6 rings (SSSR count). The molecule has 228 valence electrons. The third kappa shape index (κ3) is 4.96. The molecule has 1 fully saturated rings. The van der Waals surface area contributed by atoms with Crippen LogP contribution < -0.4 is 0 Å². The van der Waals surface area contributed by atoms with E-state index in [-0.39, 0.29) is 36.3 Å². The molecule has 1 unspecified atom stereocenters. The number of aromatic nitrogens is 5. The van der Waals surface area contributed by atoms with Crippen molar-refractivity contribution in [2.24, 2.45) is 0 Å². The predicted molar refractivity (Wildman–Crippen MR) is 162 cm³/mol. The van der Waals surface area contributed by atoms with Crippen molar-refractivity contribution in [3.8, 4) is 11.1 Å². The molecule has 12 nitrogen and oxygen atoms in total. The van der Waals surface area contributed by atoms with E-state index in [1.807, 2.05) is 6.07 Å². The van der Waals surface area contributed by atoms with Gasteiger partial charge >= 0.3 is 12.1 Å². The highest BCUT2D eigenvalue weighted by Crippen LogP contribution is 2.38. The first-order chi connectivity index (χ1) is 20.9. The Morgan fingerprint density at radius 3 is 2.52 bits per heavy atom. The Labute approximate surface area is 253 Å². The zero-order chi connectivity index (χ0) is 31.3. The monoisotopic (exact) mass is 616 g/mol. The van der Waals surface area contributed by atoms with Crippen LogP contribution in [0.5, 0.6) is 0 Å². The van der Waals surface area contributed by atoms with Gasteiger partial charge in [-0.15, -0.1) is 0 Å². The van der Waals surface area contributed by atoms with E-state index in [1.165, 1.54) is 31.8 Å². The molecule has 1 aliphatic rings. The van der Waals surface area contributed by atoms with E-state index in [2.05, 4.69) is 15.2 Å². The standard InChI is InChI=1S/C31H32N6O6S/c1-30(2,3)43-29(40)35-18-8-14-31(35,28(38)39)15-12-21-19-24-23(25-20-34-37-26(25)11-7-16-33-37)13-17-32-27(24)36(21)44(41,42)22-9-5-4-6-10-22/h4-7,9-11,13,16-17,19-20H,8,12,14-15,18H2,1-3H3,(H,38,39). The minimum atomic E-state index is -4.15. The number of carboxylic acid groups (broad SMARTS) is 1. The maximum Gasteiger partial charge on any atom is 0.411 e. The van der Waals surface area contributed by atoms with Gasteiger partial charge in [-0.25, -0.2) is 27.0 Å². The maximum atomic E-state index is 14.2. The van der Waals surface area contributed by atoms with Crippen LogP contribution in [0.25, 0.3) is 27.7 Å². The molecule has 13 heteroatoms. The van der Waals surface area contributed by atoms with Gasteiger partial charge in [-0.3, -0.25) is 4.90 Å². The second kappa shape index (κ2) is 10.7. The summed E-state index contributed by atoms with van der Waals surface area (Å²) in [6, 6.07) is 15.2. The molecule has 1 aliphatic heterocycles. The molecule has 0 aliphatic carbocycles. The van der Waals surface area contributed by atoms with Crippen molar-refractivity contribution in [2.75, 3.05) is 6.54 Å². The predicted octanol–water partition coefficient (Wildman–Crippen LogP) is 4.77. The zero-order valence-electron chi connectivity index (χ0n) is 24.5. The fourth-order valence-electron chi connectivity index (χ4n) is 5.93. The van der Waals surface area contributed by atoms with Gasteiger partial charge in [0.2, 0.25) is 0 Å². The van der Waals surface area contributed by atoms with Crippen molar-refractivity contribution in [2.45, 2.75) is 62.5 Å². The molecule has 0 bridgehead atoms. The first kappa shape index (κ1) is 29.3. The Morgan fingerprint density at radius 2 is 1.80 bits per heavy atom. The number of hydrogen-bond donors (Lipinski definition) is 1. The summed E-state index contributed by atoms with van der Waals surface area (Å²) in [6.45, 7) is 5.39. The molecule has 44 heavy (non-hydrogen) atoms. The number of carbonyl (C=O) groups is 2. The Kier molecular flexibility index (Phi) is 7.15. The van der Waals surface area contributed by atoms with Crippen LogP contribution in [0.4, 0.5) is 4.79 Å². The third-order valence-corrected chi connectivity index (χ3v) is 9.66. The van der Waals surface area contributed by atoms with Crippen molar-refractivity contribution >= 4 is 38.6 Å². The number of aliphatic carboxylic acids is 1. The molecule has 5 heterocycles. The summed E-state index contributed by atoms with van der Waals surface area (Å²) in [7, 11) is -4.15. The van der Waals surface area contributed by atoms with Gasteiger partial charge in [0.15, 0.2) is 5.65 Å². The molecule has 1 amide bonds. The van der Waals surface area contributed by atoms with Crippen LogP contribution in [0.2, 0.25) is 0 Å². The molecule has 1 atom stereocenters. The number of rotatable bonds is 7. The summed E-state index contributed by atoms with van der Waals surface area (Å²) in [5, 5.41) is 19.6. The minimum absolute atomic E-state index is 0.0296. The number of ether oxygens (including phenoxy) is 1. The van der Waals surface area contributed by atoms with Crippen LogP contribution in [0, 0.1) is 0 Å². The highest BCUT2D eigenvalue weighted by molar-refractivity contribution is 7.90. The molecule has 4 aromatic heterocycles. The first-order valence-corrected chi connectivity index (χ1v) is 15.7. The number of nitrogens with zero attached hydrogens (tertiary/aromatic N) is 6. The average molecular weight is 617 g/mol. The van der Waals surface area contributed by atoms with Crippen LogP contribution in [-0.4, -0.2) is 72.0 Å². The summed E-state index contributed by atoms with van der Waals surface area (Å²) < 4.78 is 36.6. The Morgan fingerprint density at radius 1 is 1.02 bits per heavy atom. The van der Waals surface area contributed by atoms with Crippen molar-refractivity contribution in [3.05, 3.63) is 78.9 Å². The second-order valence-corrected chi connectivity index (χ2v) is 13.6. The lowest BCUT2D eigenvalue weighted by Crippen LogP contribution is -2.54. The Bertz CT molecular complexity index is 2000. The number of hydrogen-bond acceptors (Lipinski definition) is 8. The summed E-state index contributed by atoms with van der Waals surface area (Å²) in [6.07, 6.45) is 4.81. The third-order valence-electron chi connectivity index (χ3n) is 7.90. The molecule has 1 aromatic carbocycles. The van der Waals surface area contributed by atoms with Crippen LogP contribution in [0.1, 0.15) is 45.7 Å². The zero-order valence-corrected chi connectivity index (χ0v) is 25.4. The second-order valence-electron chi connectivity index (χ2n) is 11.8. The molecule has 5 aromatic rings. The van der Waals surface area contributed by atoms with Crippen LogP contribution in [0.15, 0.2) is 78.1 Å². The van der Waals surface area contributed by atoms with E-state index >= 15 is 0 Å². The molecular weight excluding hydrogens is 584 g/mol. The summed E-state index contributed by atoms with van der Waals surface area (Å²) in [5.41, 5.74) is 0.328. The Hall–Kier alpha value is -4.78. The minimum Gasteiger partial charge on any atom is -0.479 e. The summed E-state index contributed by atoms with van der Waals surface area (Å²) >= 11 is 0. The number of aryl methyl sites for hydroxylation is 1. The number of carbonyl (C=O) groups excluding carboxylic acids is 1. The fourth-order valence-corrected chi connectivity index (χ4v) is 7.47. The van der Waals surface area contributed by atoms with Crippen molar-refractivity contribution in [1.82, 2.24) is 28.7 Å². The van der Waals surface area contributed by atoms with Crippen molar-refractivity contribution in [3.63, 3.8) is 0 Å². The first-order valence-electron chi connectivity index (χ1n) is 14.3. The summed E-state index contributed by atoms with van der Waals surface area (Å²) in [4.78, 5) is 31.8. The molecule has 0 radical (unpaired) electrons. The van der Waals surface area contributed by atoms with Gasteiger partial charge in [-0.05, 0) is 88.4 Å². The summed E-state index contributed by atoms with van der Waals surface area (Å²) in [5.74, 6) is -1.16. The van der Waals surface area contributed by atoms with Crippen molar-refractivity contribution < 1.29 is 27.9 Å². The van der Waals surface area contributed by atoms with Crippen LogP contribution >= 0.6 is 0 Å². The maximum absolute atomic E-state index is 14.2. The van der Waals surface area contributed by atoms with E-state index in [0.717, 1.165) is 11.1 Å². The number of pyridine rings is 1. The van der Waals surface area contributed by atoms with Crippen LogP contribution in [0.3, 0.4) is 0 Å². The van der Waals surface area contributed by atoms with Gasteiger partial charge in [0, 0.05) is 35.6 Å². The highest BCUT2D eigenvalue weighted by Gasteiger charge is 2.51. The normalized spacial score (nSPS) is 17.4. The fraction of sp³-hybridized carbons (Fsp3) is 0.323. The smallest absolute Gasteiger partial charge is 0.411 e. The van der Waals surface area contributed by atoms with Gasteiger partial charge in [0.25, 0.3) is 10.0 Å². The average Bonchev–Trinajstić information content (AvgIpc) is 3.71. The molecule has 1 saturated heterocycles. The van der Waals surface area contributed by atoms with E-state index in [1.54, 1.807) is 69.6 Å². The van der Waals surface area contributed by atoms with Gasteiger partial charge < -0.3 is 9.84 Å². The number of benzene rings is 1. The molecule has 1 N–H and O–H groups in total. The van der Waals surface area contributed by atoms with E-state index in [9.17, 15) is 23.1 Å². The Balaban J connectivity index is 1.49.